The number of hydrogen-bond acceptors (Lipinski definition) is 5. The standard InChI is InChI=1S/C27H44F2O5/c1-4-5-6-13-18-27(28,29)25(32)17-16-22-21(23(30)19-24(22)31)14-11-9-7-8-10-12-15-26(33)34-20(2)3/h20-22H,4-19H2,1-3H3/t21-,22-/m1/s1. The molecule has 2 atom stereocenters. The van der Waals surface area contributed by atoms with Crippen molar-refractivity contribution in [2.45, 2.75) is 136 Å². The molecule has 196 valence electrons. The molecule has 0 amide bonds. The molecular weight excluding hydrogens is 442 g/mol. The van der Waals surface area contributed by atoms with Crippen LogP contribution in [0.4, 0.5) is 8.78 Å². The number of halogens is 2. The Morgan fingerprint density at radius 3 is 2.03 bits per heavy atom. The van der Waals surface area contributed by atoms with E-state index in [2.05, 4.69) is 0 Å². The molecule has 0 aromatic heterocycles. The Morgan fingerprint density at radius 1 is 0.853 bits per heavy atom. The number of ether oxygens (including phenoxy) is 1. The highest BCUT2D eigenvalue weighted by molar-refractivity contribution is 6.08. The highest BCUT2D eigenvalue weighted by Crippen LogP contribution is 2.35. The fourth-order valence-corrected chi connectivity index (χ4v) is 4.65. The van der Waals surface area contributed by atoms with Gasteiger partial charge in [0.25, 0.3) is 0 Å². The summed E-state index contributed by atoms with van der Waals surface area (Å²) in [6.07, 6.45) is 8.22. The lowest BCUT2D eigenvalue weighted by atomic mass is 9.85. The number of unbranched alkanes of at least 4 members (excludes halogenated alkanes) is 8. The molecule has 0 bridgehead atoms. The van der Waals surface area contributed by atoms with Crippen molar-refractivity contribution < 1.29 is 32.7 Å². The van der Waals surface area contributed by atoms with Gasteiger partial charge in [0.1, 0.15) is 11.6 Å². The van der Waals surface area contributed by atoms with E-state index in [1.165, 1.54) is 0 Å². The maximum atomic E-state index is 14.1. The van der Waals surface area contributed by atoms with Gasteiger partial charge in [0, 0.05) is 31.1 Å². The van der Waals surface area contributed by atoms with Gasteiger partial charge in [-0.3, -0.25) is 19.2 Å². The topological polar surface area (TPSA) is 77.5 Å². The summed E-state index contributed by atoms with van der Waals surface area (Å²) in [5, 5.41) is 0. The van der Waals surface area contributed by atoms with Crippen LogP contribution >= 0.6 is 0 Å². The van der Waals surface area contributed by atoms with Crippen LogP contribution in [0.5, 0.6) is 0 Å². The minimum absolute atomic E-state index is 0.0467. The SMILES string of the molecule is CCCCCCC(F)(F)C(=O)CC[C@H]1C(=O)CC(=O)[C@@H]1CCCCCCCCC(=O)OC(C)C. The van der Waals surface area contributed by atoms with Gasteiger partial charge in [0.2, 0.25) is 5.78 Å². The van der Waals surface area contributed by atoms with Gasteiger partial charge in [-0.15, -0.1) is 0 Å². The molecule has 5 nitrogen and oxygen atoms in total. The lowest BCUT2D eigenvalue weighted by molar-refractivity contribution is -0.147. The maximum Gasteiger partial charge on any atom is 0.306 e. The first kappa shape index (κ1) is 30.4. The van der Waals surface area contributed by atoms with E-state index < -0.39 is 30.0 Å². The average molecular weight is 487 g/mol. The third-order valence-electron chi connectivity index (χ3n) is 6.61. The lowest BCUT2D eigenvalue weighted by Crippen LogP contribution is -2.30. The van der Waals surface area contributed by atoms with Crippen molar-refractivity contribution in [2.24, 2.45) is 11.8 Å². The van der Waals surface area contributed by atoms with Crippen molar-refractivity contribution >= 4 is 23.3 Å². The Morgan fingerprint density at radius 2 is 1.41 bits per heavy atom. The van der Waals surface area contributed by atoms with Gasteiger partial charge in [-0.1, -0.05) is 58.3 Å². The van der Waals surface area contributed by atoms with Gasteiger partial charge >= 0.3 is 11.9 Å². The van der Waals surface area contributed by atoms with Gasteiger partial charge < -0.3 is 4.74 Å². The number of hydrogen-bond donors (Lipinski definition) is 0. The van der Waals surface area contributed by atoms with E-state index in [1.54, 1.807) is 0 Å². The van der Waals surface area contributed by atoms with Crippen LogP contribution < -0.4 is 0 Å². The monoisotopic (exact) mass is 486 g/mol. The van der Waals surface area contributed by atoms with Crippen LogP contribution in [-0.2, 0) is 23.9 Å². The van der Waals surface area contributed by atoms with Gasteiger partial charge in [-0.25, -0.2) is 0 Å². The predicted octanol–water partition coefficient (Wildman–Crippen LogP) is 6.79. The summed E-state index contributed by atoms with van der Waals surface area (Å²) < 4.78 is 33.4. The minimum atomic E-state index is -3.35. The Labute approximate surface area is 203 Å². The molecule has 0 aromatic carbocycles. The summed E-state index contributed by atoms with van der Waals surface area (Å²) in [6.45, 7) is 5.65. The second kappa shape index (κ2) is 16.1. The molecule has 0 unspecified atom stereocenters. The predicted molar refractivity (Wildman–Crippen MR) is 128 cm³/mol. The summed E-state index contributed by atoms with van der Waals surface area (Å²) in [5.41, 5.74) is 0. The zero-order chi connectivity index (χ0) is 25.6. The van der Waals surface area contributed by atoms with Crippen molar-refractivity contribution in [1.82, 2.24) is 0 Å². The maximum absolute atomic E-state index is 14.1. The Balaban J connectivity index is 2.31. The number of alkyl halides is 2. The summed E-state index contributed by atoms with van der Waals surface area (Å²) in [4.78, 5) is 48.1. The summed E-state index contributed by atoms with van der Waals surface area (Å²) in [6, 6.07) is 0. The zero-order valence-corrected chi connectivity index (χ0v) is 21.3. The number of Topliss-reactive ketones (excluding diaryl/α,β-unsaturated/α-hetero) is 3. The molecule has 0 aliphatic heterocycles. The third kappa shape index (κ3) is 11.7. The van der Waals surface area contributed by atoms with Crippen LogP contribution in [0.1, 0.15) is 124 Å². The first-order valence-corrected chi connectivity index (χ1v) is 13.2. The summed E-state index contributed by atoms with van der Waals surface area (Å²) in [5.74, 6) is -5.98. The molecular formula is C27H44F2O5. The van der Waals surface area contributed by atoms with E-state index in [4.69, 9.17) is 4.74 Å². The molecule has 0 heterocycles. The second-order valence-electron chi connectivity index (χ2n) is 10.00. The zero-order valence-electron chi connectivity index (χ0n) is 21.3. The third-order valence-corrected chi connectivity index (χ3v) is 6.61. The number of esters is 1. The van der Waals surface area contributed by atoms with Crippen LogP contribution in [0.25, 0.3) is 0 Å². The fourth-order valence-electron chi connectivity index (χ4n) is 4.65. The second-order valence-corrected chi connectivity index (χ2v) is 10.00. The molecule has 0 N–H and O–H groups in total. The minimum Gasteiger partial charge on any atom is -0.463 e. The molecule has 34 heavy (non-hydrogen) atoms. The number of carbonyl (C=O) groups excluding carboxylic acids is 4. The van der Waals surface area contributed by atoms with E-state index in [1.807, 2.05) is 20.8 Å². The molecule has 1 fully saturated rings. The number of rotatable bonds is 19. The summed E-state index contributed by atoms with van der Waals surface area (Å²) >= 11 is 0. The number of ketones is 3. The van der Waals surface area contributed by atoms with Crippen LogP contribution in [0.3, 0.4) is 0 Å². The van der Waals surface area contributed by atoms with Crippen molar-refractivity contribution in [3.8, 4) is 0 Å². The van der Waals surface area contributed by atoms with E-state index in [-0.39, 0.29) is 42.9 Å². The van der Waals surface area contributed by atoms with Crippen LogP contribution in [0.15, 0.2) is 0 Å². The number of carbonyl (C=O) groups is 4. The average Bonchev–Trinajstić information content (AvgIpc) is 3.02. The molecule has 1 saturated carbocycles. The van der Waals surface area contributed by atoms with E-state index in [9.17, 15) is 28.0 Å². The quantitative estimate of drug-likeness (QED) is 0.114. The van der Waals surface area contributed by atoms with E-state index >= 15 is 0 Å². The first-order valence-electron chi connectivity index (χ1n) is 13.2. The smallest absolute Gasteiger partial charge is 0.306 e. The molecule has 0 saturated heterocycles. The molecule has 1 aliphatic rings. The molecule has 0 radical (unpaired) electrons. The van der Waals surface area contributed by atoms with E-state index in [0.29, 0.717) is 25.7 Å². The lowest BCUT2D eigenvalue weighted by Gasteiger charge is -2.19. The van der Waals surface area contributed by atoms with Crippen LogP contribution in [0, 0.1) is 11.8 Å². The highest BCUT2D eigenvalue weighted by Gasteiger charge is 2.43. The Kier molecular flexibility index (Phi) is 14.4. The fraction of sp³-hybridized carbons (Fsp3) is 0.852. The Hall–Kier alpha value is -1.66. The van der Waals surface area contributed by atoms with Crippen molar-refractivity contribution in [3.63, 3.8) is 0 Å². The Bertz CT molecular complexity index is 659. The van der Waals surface area contributed by atoms with Gasteiger partial charge in [-0.05, 0) is 39.5 Å². The highest BCUT2D eigenvalue weighted by atomic mass is 19.3. The van der Waals surface area contributed by atoms with E-state index in [0.717, 1.165) is 51.4 Å². The van der Waals surface area contributed by atoms with Crippen LogP contribution in [-0.4, -0.2) is 35.3 Å². The van der Waals surface area contributed by atoms with Gasteiger partial charge in [0.05, 0.1) is 12.5 Å². The molecule has 7 heteroatoms. The normalized spacial score (nSPS) is 18.6. The molecule has 1 aliphatic carbocycles. The molecule has 0 spiro atoms. The van der Waals surface area contributed by atoms with Gasteiger partial charge in [-0.2, -0.15) is 8.78 Å². The van der Waals surface area contributed by atoms with Crippen molar-refractivity contribution in [1.29, 1.82) is 0 Å². The van der Waals surface area contributed by atoms with Gasteiger partial charge in [0.15, 0.2) is 0 Å². The first-order chi connectivity index (χ1) is 16.1. The largest absolute Gasteiger partial charge is 0.463 e. The molecule has 1 rings (SSSR count). The van der Waals surface area contributed by atoms with Crippen molar-refractivity contribution in [3.05, 3.63) is 0 Å². The summed E-state index contributed by atoms with van der Waals surface area (Å²) in [7, 11) is 0. The molecule has 0 aromatic rings. The van der Waals surface area contributed by atoms with Crippen molar-refractivity contribution in [2.75, 3.05) is 0 Å². The van der Waals surface area contributed by atoms with Crippen LogP contribution in [0.2, 0.25) is 0 Å².